The molecule has 7 nitrogen and oxygen atoms in total. The molecule has 2 saturated heterocycles. The molecule has 0 spiro atoms. The molecule has 2 fully saturated rings. The van der Waals surface area contributed by atoms with Gasteiger partial charge >= 0.3 is 0 Å². The van der Waals surface area contributed by atoms with Crippen molar-refractivity contribution >= 4 is 11.8 Å². The fourth-order valence-corrected chi connectivity index (χ4v) is 2.84. The van der Waals surface area contributed by atoms with Crippen molar-refractivity contribution < 1.29 is 14.3 Å². The molecular weight excluding hydrogens is 272 g/mol. The molecule has 0 saturated carbocycles. The summed E-state index contributed by atoms with van der Waals surface area (Å²) in [4.78, 5) is 28.1. The van der Waals surface area contributed by atoms with Gasteiger partial charge in [0, 0.05) is 38.8 Å². The number of ether oxygens (including phenoxy) is 1. The number of rotatable bonds is 4. The minimum atomic E-state index is -0.609. The van der Waals surface area contributed by atoms with Gasteiger partial charge in [0.25, 0.3) is 0 Å². The Hall–Kier alpha value is -1.18. The van der Waals surface area contributed by atoms with Crippen LogP contribution >= 0.6 is 0 Å². The van der Waals surface area contributed by atoms with Crippen LogP contribution in [0.2, 0.25) is 0 Å². The Kier molecular flexibility index (Phi) is 5.18. The lowest BCUT2D eigenvalue weighted by molar-refractivity contribution is -0.143. The molecule has 2 rings (SSSR count). The molecule has 7 heteroatoms. The van der Waals surface area contributed by atoms with Crippen LogP contribution in [0.4, 0.5) is 0 Å². The molecule has 2 heterocycles. The molecule has 0 bridgehead atoms. The van der Waals surface area contributed by atoms with E-state index in [1.165, 1.54) is 0 Å². The molecule has 0 aliphatic carbocycles. The third-order valence-corrected chi connectivity index (χ3v) is 4.41. The van der Waals surface area contributed by atoms with Crippen LogP contribution in [0.3, 0.4) is 0 Å². The molecule has 2 aliphatic rings. The summed E-state index contributed by atoms with van der Waals surface area (Å²) >= 11 is 0. The molecule has 21 heavy (non-hydrogen) atoms. The number of carbonyl (C=O) groups is 2. The summed E-state index contributed by atoms with van der Waals surface area (Å²) in [5, 5.41) is 2.79. The first-order valence-corrected chi connectivity index (χ1v) is 7.59. The number of carbonyl (C=O) groups excluding carboxylic acids is 2. The summed E-state index contributed by atoms with van der Waals surface area (Å²) in [6.07, 6.45) is 0. The summed E-state index contributed by atoms with van der Waals surface area (Å²) in [5.41, 5.74) is 5.40. The highest BCUT2D eigenvalue weighted by Gasteiger charge is 2.46. The summed E-state index contributed by atoms with van der Waals surface area (Å²) in [6, 6.07) is -0.238. The van der Waals surface area contributed by atoms with E-state index in [4.69, 9.17) is 10.5 Å². The largest absolute Gasteiger partial charge is 0.379 e. The average molecular weight is 298 g/mol. The zero-order valence-electron chi connectivity index (χ0n) is 12.9. The minimum absolute atomic E-state index is 0.0375. The van der Waals surface area contributed by atoms with Crippen LogP contribution in [-0.4, -0.2) is 80.1 Å². The lowest BCUT2D eigenvalue weighted by Gasteiger charge is -2.39. The fraction of sp³-hybridized carbons (Fsp3) is 0.857. The zero-order valence-corrected chi connectivity index (χ0v) is 12.9. The fourth-order valence-electron chi connectivity index (χ4n) is 2.84. The number of likely N-dealkylation sites (N-methyl/N-ethyl adjacent to an activating group) is 1. The number of hydrogen-bond donors (Lipinski definition) is 2. The van der Waals surface area contributed by atoms with Crippen LogP contribution in [0.5, 0.6) is 0 Å². The van der Waals surface area contributed by atoms with E-state index in [-0.39, 0.29) is 17.9 Å². The third kappa shape index (κ3) is 3.53. The molecule has 2 aliphatic heterocycles. The number of piperazine rings is 1. The van der Waals surface area contributed by atoms with Crippen LogP contribution in [0.15, 0.2) is 0 Å². The molecular formula is C14H26N4O3. The van der Waals surface area contributed by atoms with Crippen molar-refractivity contribution in [3.8, 4) is 0 Å². The Labute approximate surface area is 125 Å². The van der Waals surface area contributed by atoms with E-state index in [1.807, 2.05) is 18.7 Å². The molecule has 3 N–H and O–H groups in total. The van der Waals surface area contributed by atoms with Gasteiger partial charge in [-0.2, -0.15) is 0 Å². The van der Waals surface area contributed by atoms with Gasteiger partial charge in [0.15, 0.2) is 0 Å². The number of hydrogen-bond acceptors (Lipinski definition) is 5. The highest BCUT2D eigenvalue weighted by atomic mass is 16.5. The van der Waals surface area contributed by atoms with Crippen molar-refractivity contribution in [2.75, 3.05) is 52.5 Å². The van der Waals surface area contributed by atoms with Crippen molar-refractivity contribution in [2.45, 2.75) is 19.9 Å². The first kappa shape index (κ1) is 16.2. The summed E-state index contributed by atoms with van der Waals surface area (Å²) in [6.45, 7) is 8.39. The quantitative estimate of drug-likeness (QED) is 0.669. The van der Waals surface area contributed by atoms with Crippen LogP contribution in [-0.2, 0) is 14.3 Å². The molecule has 2 atom stereocenters. The van der Waals surface area contributed by atoms with Crippen LogP contribution in [0.25, 0.3) is 0 Å². The van der Waals surface area contributed by atoms with Crippen LogP contribution < -0.4 is 11.1 Å². The van der Waals surface area contributed by atoms with Gasteiger partial charge in [0.2, 0.25) is 11.8 Å². The molecule has 2 unspecified atom stereocenters. The Morgan fingerprint density at radius 1 is 1.33 bits per heavy atom. The smallest absolute Gasteiger partial charge is 0.234 e. The van der Waals surface area contributed by atoms with Gasteiger partial charge in [-0.3, -0.25) is 14.5 Å². The molecule has 2 amide bonds. The van der Waals surface area contributed by atoms with Gasteiger partial charge in [0.1, 0.15) is 0 Å². The van der Waals surface area contributed by atoms with Crippen molar-refractivity contribution in [1.29, 1.82) is 0 Å². The van der Waals surface area contributed by atoms with E-state index >= 15 is 0 Å². The molecule has 0 aromatic heterocycles. The predicted octanol–water partition coefficient (Wildman–Crippen LogP) is -1.37. The summed E-state index contributed by atoms with van der Waals surface area (Å²) < 4.78 is 5.35. The highest BCUT2D eigenvalue weighted by Crippen LogP contribution is 2.29. The molecule has 0 aromatic rings. The second-order valence-corrected chi connectivity index (χ2v) is 6.06. The summed E-state index contributed by atoms with van der Waals surface area (Å²) in [7, 11) is 0. The maximum absolute atomic E-state index is 12.6. The van der Waals surface area contributed by atoms with Gasteiger partial charge in [-0.1, -0.05) is 0 Å². The lowest BCUT2D eigenvalue weighted by atomic mass is 9.84. The molecule has 0 aromatic carbocycles. The second-order valence-electron chi connectivity index (χ2n) is 6.06. The van der Waals surface area contributed by atoms with E-state index in [0.29, 0.717) is 39.4 Å². The SMILES string of the molecule is CCNC(=O)CN1CCN(C(=O)C2(C)COCC2N)CC1. The minimum Gasteiger partial charge on any atom is -0.379 e. The monoisotopic (exact) mass is 298 g/mol. The summed E-state index contributed by atoms with van der Waals surface area (Å²) in [5.74, 6) is 0.112. The van der Waals surface area contributed by atoms with Gasteiger partial charge < -0.3 is 20.7 Å². The van der Waals surface area contributed by atoms with Crippen LogP contribution in [0.1, 0.15) is 13.8 Å². The molecule has 120 valence electrons. The van der Waals surface area contributed by atoms with Crippen LogP contribution in [0, 0.1) is 5.41 Å². The first-order chi connectivity index (χ1) is 9.97. The topological polar surface area (TPSA) is 87.9 Å². The van der Waals surface area contributed by atoms with Crippen molar-refractivity contribution in [1.82, 2.24) is 15.1 Å². The standard InChI is InChI=1S/C14H26N4O3/c1-3-16-12(19)8-17-4-6-18(7-5-17)13(20)14(2)10-21-9-11(14)15/h11H,3-10,15H2,1-2H3,(H,16,19). The zero-order chi connectivity index (χ0) is 15.5. The maximum Gasteiger partial charge on any atom is 0.234 e. The van der Waals surface area contributed by atoms with Crippen molar-refractivity contribution in [2.24, 2.45) is 11.1 Å². The third-order valence-electron chi connectivity index (χ3n) is 4.41. The Morgan fingerprint density at radius 2 is 2.00 bits per heavy atom. The Bertz CT molecular complexity index is 396. The number of amides is 2. The van der Waals surface area contributed by atoms with E-state index in [9.17, 15) is 9.59 Å². The van der Waals surface area contributed by atoms with Gasteiger partial charge in [-0.25, -0.2) is 0 Å². The lowest BCUT2D eigenvalue weighted by Crippen LogP contribution is -2.57. The van der Waals surface area contributed by atoms with E-state index < -0.39 is 5.41 Å². The Balaban J connectivity index is 1.83. The number of nitrogens with one attached hydrogen (secondary N) is 1. The van der Waals surface area contributed by atoms with E-state index in [1.54, 1.807) is 0 Å². The van der Waals surface area contributed by atoms with Gasteiger partial charge in [-0.05, 0) is 13.8 Å². The second kappa shape index (κ2) is 6.72. The number of nitrogens with two attached hydrogens (primary N) is 1. The van der Waals surface area contributed by atoms with E-state index in [0.717, 1.165) is 13.1 Å². The first-order valence-electron chi connectivity index (χ1n) is 7.59. The maximum atomic E-state index is 12.6. The average Bonchev–Trinajstić information content (AvgIpc) is 2.80. The Morgan fingerprint density at radius 3 is 2.52 bits per heavy atom. The van der Waals surface area contributed by atoms with Crippen molar-refractivity contribution in [3.05, 3.63) is 0 Å². The van der Waals surface area contributed by atoms with Gasteiger partial charge in [-0.15, -0.1) is 0 Å². The van der Waals surface area contributed by atoms with E-state index in [2.05, 4.69) is 10.2 Å². The number of nitrogens with zero attached hydrogens (tertiary/aromatic N) is 2. The highest BCUT2D eigenvalue weighted by molar-refractivity contribution is 5.84. The normalized spacial score (nSPS) is 30.4. The molecule has 0 radical (unpaired) electrons. The van der Waals surface area contributed by atoms with Gasteiger partial charge in [0.05, 0.1) is 25.2 Å². The van der Waals surface area contributed by atoms with Crippen molar-refractivity contribution in [3.63, 3.8) is 0 Å². The predicted molar refractivity (Wildman–Crippen MR) is 78.6 cm³/mol.